The van der Waals surface area contributed by atoms with Crippen molar-refractivity contribution in [3.05, 3.63) is 11.3 Å². The first-order valence-electron chi connectivity index (χ1n) is 6.57. The Morgan fingerprint density at radius 3 is 2.84 bits per heavy atom. The first kappa shape index (κ1) is 13.7. The van der Waals surface area contributed by atoms with Crippen LogP contribution >= 0.6 is 0 Å². The predicted molar refractivity (Wildman–Crippen MR) is 70.6 cm³/mol. The summed E-state index contributed by atoms with van der Waals surface area (Å²) in [6.07, 6.45) is 1.07. The van der Waals surface area contributed by atoms with Gasteiger partial charge in [-0.2, -0.15) is 0 Å². The van der Waals surface area contributed by atoms with Gasteiger partial charge in [-0.05, 0) is 33.6 Å². The standard InChI is InChI=1S/C13H21N3O3/c1-5-9-10-8(11(14)15-19-10)6-7-16(9)12(17)18-13(2,3)4/h9H,5-7H2,1-4H3,(H2,14,15). The van der Waals surface area contributed by atoms with Crippen molar-refractivity contribution < 1.29 is 14.1 Å². The molecule has 6 heteroatoms. The topological polar surface area (TPSA) is 81.6 Å². The first-order valence-corrected chi connectivity index (χ1v) is 6.57. The number of carbonyl (C=O) groups is 1. The van der Waals surface area contributed by atoms with E-state index in [2.05, 4.69) is 5.16 Å². The summed E-state index contributed by atoms with van der Waals surface area (Å²) in [6, 6.07) is -0.150. The summed E-state index contributed by atoms with van der Waals surface area (Å²) >= 11 is 0. The summed E-state index contributed by atoms with van der Waals surface area (Å²) in [6.45, 7) is 8.14. The van der Waals surface area contributed by atoms with E-state index in [4.69, 9.17) is 15.0 Å². The SMILES string of the molecule is CCC1c2onc(N)c2CCN1C(=O)OC(C)(C)C. The normalized spacial score (nSPS) is 19.2. The minimum Gasteiger partial charge on any atom is -0.444 e. The molecule has 1 aromatic rings. The summed E-state index contributed by atoms with van der Waals surface area (Å²) in [4.78, 5) is 13.9. The van der Waals surface area contributed by atoms with Crippen LogP contribution in [0.5, 0.6) is 0 Å². The Hall–Kier alpha value is -1.72. The Morgan fingerprint density at radius 2 is 2.26 bits per heavy atom. The van der Waals surface area contributed by atoms with Crippen molar-refractivity contribution >= 4 is 11.9 Å². The van der Waals surface area contributed by atoms with Crippen molar-refractivity contribution in [1.82, 2.24) is 10.1 Å². The van der Waals surface area contributed by atoms with Gasteiger partial charge in [0.25, 0.3) is 0 Å². The fraction of sp³-hybridized carbons (Fsp3) is 0.692. The molecule has 0 spiro atoms. The van der Waals surface area contributed by atoms with Gasteiger partial charge in [-0.1, -0.05) is 12.1 Å². The molecule has 1 atom stereocenters. The number of rotatable bonds is 1. The molecule has 1 aliphatic heterocycles. The number of nitrogens with zero attached hydrogens (tertiary/aromatic N) is 2. The van der Waals surface area contributed by atoms with Gasteiger partial charge in [0.15, 0.2) is 11.6 Å². The molecule has 1 aliphatic rings. The highest BCUT2D eigenvalue weighted by atomic mass is 16.6. The molecule has 19 heavy (non-hydrogen) atoms. The zero-order valence-corrected chi connectivity index (χ0v) is 11.9. The third kappa shape index (κ3) is 2.67. The predicted octanol–water partition coefficient (Wildman–Crippen LogP) is 2.50. The van der Waals surface area contributed by atoms with Gasteiger partial charge in [0, 0.05) is 12.1 Å². The van der Waals surface area contributed by atoms with Gasteiger partial charge >= 0.3 is 6.09 Å². The van der Waals surface area contributed by atoms with Crippen LogP contribution in [0.2, 0.25) is 0 Å². The van der Waals surface area contributed by atoms with Crippen molar-refractivity contribution in [3.8, 4) is 0 Å². The van der Waals surface area contributed by atoms with Crippen LogP contribution in [-0.2, 0) is 11.2 Å². The second kappa shape index (κ2) is 4.75. The lowest BCUT2D eigenvalue weighted by Gasteiger charge is -2.34. The lowest BCUT2D eigenvalue weighted by Crippen LogP contribution is -2.42. The number of nitrogen functional groups attached to an aromatic ring is 1. The number of nitrogens with two attached hydrogens (primary N) is 1. The van der Waals surface area contributed by atoms with E-state index < -0.39 is 5.60 Å². The quantitative estimate of drug-likeness (QED) is 0.845. The number of hydrogen-bond acceptors (Lipinski definition) is 5. The molecule has 0 aliphatic carbocycles. The molecule has 0 saturated heterocycles. The minimum absolute atomic E-state index is 0.150. The summed E-state index contributed by atoms with van der Waals surface area (Å²) in [5.74, 6) is 1.12. The van der Waals surface area contributed by atoms with Crippen molar-refractivity contribution in [1.29, 1.82) is 0 Å². The monoisotopic (exact) mass is 267 g/mol. The molecule has 106 valence electrons. The zero-order chi connectivity index (χ0) is 14.2. The maximum absolute atomic E-state index is 12.2. The molecule has 2 N–H and O–H groups in total. The Labute approximate surface area is 112 Å². The molecule has 0 bridgehead atoms. The number of carbonyl (C=O) groups excluding carboxylic acids is 1. The molecule has 0 fully saturated rings. The van der Waals surface area contributed by atoms with E-state index in [0.717, 1.165) is 12.0 Å². The van der Waals surface area contributed by atoms with Crippen LogP contribution in [0.4, 0.5) is 10.6 Å². The maximum Gasteiger partial charge on any atom is 0.410 e. The van der Waals surface area contributed by atoms with Crippen molar-refractivity contribution in [3.63, 3.8) is 0 Å². The fourth-order valence-corrected chi connectivity index (χ4v) is 2.32. The number of fused-ring (bicyclic) bond motifs is 1. The second-order valence-corrected chi connectivity index (χ2v) is 5.76. The molecule has 0 radical (unpaired) electrons. The number of amides is 1. The third-order valence-corrected chi connectivity index (χ3v) is 3.15. The summed E-state index contributed by atoms with van der Waals surface area (Å²) in [7, 11) is 0. The van der Waals surface area contributed by atoms with E-state index in [1.807, 2.05) is 27.7 Å². The number of ether oxygens (including phenoxy) is 1. The average Bonchev–Trinajstić information content (AvgIpc) is 2.68. The highest BCUT2D eigenvalue weighted by Gasteiger charge is 2.36. The van der Waals surface area contributed by atoms with Crippen LogP contribution in [0, 0.1) is 0 Å². The van der Waals surface area contributed by atoms with Crippen molar-refractivity contribution in [2.45, 2.75) is 52.2 Å². The van der Waals surface area contributed by atoms with Gasteiger partial charge in [0.05, 0.1) is 6.04 Å². The lowest BCUT2D eigenvalue weighted by atomic mass is 9.99. The van der Waals surface area contributed by atoms with Crippen molar-refractivity contribution in [2.24, 2.45) is 0 Å². The number of anilines is 1. The van der Waals surface area contributed by atoms with Crippen LogP contribution in [0.1, 0.15) is 51.5 Å². The van der Waals surface area contributed by atoms with Crippen LogP contribution in [0.3, 0.4) is 0 Å². The largest absolute Gasteiger partial charge is 0.444 e. The third-order valence-electron chi connectivity index (χ3n) is 3.15. The number of aromatic nitrogens is 1. The first-order chi connectivity index (χ1) is 8.83. The smallest absolute Gasteiger partial charge is 0.410 e. The van der Waals surface area contributed by atoms with E-state index in [9.17, 15) is 4.79 Å². The Bertz CT molecular complexity index is 476. The van der Waals surface area contributed by atoms with E-state index in [-0.39, 0.29) is 12.1 Å². The number of hydrogen-bond donors (Lipinski definition) is 1. The average molecular weight is 267 g/mol. The molecule has 1 amide bonds. The molecule has 6 nitrogen and oxygen atoms in total. The molecule has 2 rings (SSSR count). The molecule has 0 aromatic carbocycles. The van der Waals surface area contributed by atoms with E-state index >= 15 is 0 Å². The zero-order valence-electron chi connectivity index (χ0n) is 11.9. The van der Waals surface area contributed by atoms with Crippen LogP contribution in [-0.4, -0.2) is 28.3 Å². The molecule has 1 aromatic heterocycles. The van der Waals surface area contributed by atoms with Crippen LogP contribution in [0.25, 0.3) is 0 Å². The molecular weight excluding hydrogens is 246 g/mol. The van der Waals surface area contributed by atoms with E-state index in [1.54, 1.807) is 4.90 Å². The Morgan fingerprint density at radius 1 is 1.58 bits per heavy atom. The van der Waals surface area contributed by atoms with E-state index in [1.165, 1.54) is 0 Å². The van der Waals surface area contributed by atoms with Gasteiger partial charge in [-0.25, -0.2) is 4.79 Å². The van der Waals surface area contributed by atoms with Gasteiger partial charge in [0.1, 0.15) is 5.60 Å². The highest BCUT2D eigenvalue weighted by molar-refractivity contribution is 5.69. The second-order valence-electron chi connectivity index (χ2n) is 5.76. The van der Waals surface area contributed by atoms with Crippen LogP contribution < -0.4 is 5.73 Å². The van der Waals surface area contributed by atoms with Crippen molar-refractivity contribution in [2.75, 3.05) is 12.3 Å². The highest BCUT2D eigenvalue weighted by Crippen LogP contribution is 2.35. The van der Waals surface area contributed by atoms with Gasteiger partial charge in [-0.3, -0.25) is 4.90 Å². The maximum atomic E-state index is 12.2. The van der Waals surface area contributed by atoms with E-state index in [0.29, 0.717) is 24.5 Å². The summed E-state index contributed by atoms with van der Waals surface area (Å²) in [5, 5.41) is 3.79. The Balaban J connectivity index is 2.22. The van der Waals surface area contributed by atoms with Gasteiger partial charge < -0.3 is 15.0 Å². The molecule has 1 unspecified atom stereocenters. The summed E-state index contributed by atoms with van der Waals surface area (Å²) in [5.41, 5.74) is 6.18. The van der Waals surface area contributed by atoms with Crippen LogP contribution in [0.15, 0.2) is 4.52 Å². The van der Waals surface area contributed by atoms with Gasteiger partial charge in [-0.15, -0.1) is 0 Å². The molecular formula is C13H21N3O3. The molecule has 2 heterocycles. The molecule has 0 saturated carbocycles. The minimum atomic E-state index is -0.504. The fourth-order valence-electron chi connectivity index (χ4n) is 2.32. The van der Waals surface area contributed by atoms with Gasteiger partial charge in [0.2, 0.25) is 0 Å². The summed E-state index contributed by atoms with van der Waals surface area (Å²) < 4.78 is 10.7. The lowest BCUT2D eigenvalue weighted by molar-refractivity contribution is 0.0105. The Kier molecular flexibility index (Phi) is 3.43.